The largest absolute Gasteiger partial charge is 0.489 e. The lowest BCUT2D eigenvalue weighted by Crippen LogP contribution is -2.23. The number of benzene rings is 2. The summed E-state index contributed by atoms with van der Waals surface area (Å²) in [5.41, 5.74) is 6.73. The van der Waals surface area contributed by atoms with Gasteiger partial charge in [0.05, 0.1) is 0 Å². The molecule has 0 aliphatic carbocycles. The van der Waals surface area contributed by atoms with Crippen molar-refractivity contribution in [3.63, 3.8) is 0 Å². The first kappa shape index (κ1) is 15.7. The quantitative estimate of drug-likeness (QED) is 0.834. The number of carbonyl (C=O) groups excluding carboxylic acids is 1. The van der Waals surface area contributed by atoms with Crippen LogP contribution in [-0.4, -0.2) is 18.2 Å². The Morgan fingerprint density at radius 1 is 1.32 bits per heavy atom. The van der Waals surface area contributed by atoms with Crippen molar-refractivity contribution >= 4 is 12.1 Å². The van der Waals surface area contributed by atoms with Crippen LogP contribution in [0.15, 0.2) is 53.5 Å². The number of nitrogens with zero attached hydrogens (tertiary/aromatic N) is 1. The highest BCUT2D eigenvalue weighted by Gasteiger charge is 2.04. The van der Waals surface area contributed by atoms with Crippen LogP contribution in [0.3, 0.4) is 0 Å². The number of carbonyl (C=O) groups is 1. The predicted molar refractivity (Wildman–Crippen MR) is 83.4 cm³/mol. The second-order valence-corrected chi connectivity index (χ2v) is 4.84. The summed E-state index contributed by atoms with van der Waals surface area (Å²) in [5.74, 6) is -0.0770. The lowest BCUT2D eigenvalue weighted by atomic mass is 10.2. The molecule has 0 bridgehead atoms. The molecule has 114 valence electrons. The molecule has 4 nitrogen and oxygen atoms in total. The summed E-state index contributed by atoms with van der Waals surface area (Å²) in [6.07, 6.45) is 1.59. The maximum Gasteiger partial charge on any atom is 0.241 e. The van der Waals surface area contributed by atoms with E-state index in [4.69, 9.17) is 10.5 Å². The van der Waals surface area contributed by atoms with Crippen molar-refractivity contribution in [2.24, 2.45) is 10.7 Å². The highest BCUT2D eigenvalue weighted by Crippen LogP contribution is 2.14. The second-order valence-electron chi connectivity index (χ2n) is 4.84. The summed E-state index contributed by atoms with van der Waals surface area (Å²) >= 11 is 0. The van der Waals surface area contributed by atoms with E-state index in [1.807, 2.05) is 12.1 Å². The molecule has 0 aliphatic rings. The van der Waals surface area contributed by atoms with E-state index in [-0.39, 0.29) is 5.82 Å². The number of amides is 1. The van der Waals surface area contributed by atoms with Gasteiger partial charge in [0.2, 0.25) is 5.91 Å². The van der Waals surface area contributed by atoms with Gasteiger partial charge < -0.3 is 10.5 Å². The summed E-state index contributed by atoms with van der Waals surface area (Å²) in [4.78, 5) is 14.9. The van der Waals surface area contributed by atoms with Crippen LogP contribution >= 0.6 is 0 Å². The normalized spacial score (nSPS) is 12.3. The summed E-state index contributed by atoms with van der Waals surface area (Å²) in [6, 6.07) is 12.9. The molecule has 0 radical (unpaired) electrons. The Morgan fingerprint density at radius 3 is 2.68 bits per heavy atom. The second kappa shape index (κ2) is 7.36. The number of hydrogen-bond acceptors (Lipinski definition) is 3. The van der Waals surface area contributed by atoms with Crippen molar-refractivity contribution < 1.29 is 13.9 Å². The first-order chi connectivity index (χ1) is 10.5. The van der Waals surface area contributed by atoms with E-state index in [9.17, 15) is 9.18 Å². The van der Waals surface area contributed by atoms with E-state index in [0.29, 0.717) is 12.4 Å². The van der Waals surface area contributed by atoms with Crippen LogP contribution in [0.4, 0.5) is 4.39 Å². The minimum absolute atomic E-state index is 0.281. The van der Waals surface area contributed by atoms with Gasteiger partial charge in [-0.2, -0.15) is 0 Å². The zero-order chi connectivity index (χ0) is 15.9. The molecule has 0 fully saturated rings. The van der Waals surface area contributed by atoms with Gasteiger partial charge in [-0.3, -0.25) is 9.79 Å². The van der Waals surface area contributed by atoms with Crippen LogP contribution in [0.5, 0.6) is 5.75 Å². The van der Waals surface area contributed by atoms with Crippen LogP contribution in [0, 0.1) is 5.82 Å². The SMILES string of the molecule is C[C@@H](/N=C/c1ccc(OCc2cccc(F)c2)cc1)C(N)=O. The van der Waals surface area contributed by atoms with Crippen molar-refractivity contribution in [1.29, 1.82) is 0 Å². The fourth-order valence-corrected chi connectivity index (χ4v) is 1.71. The molecule has 0 spiro atoms. The molecule has 1 atom stereocenters. The Kier molecular flexibility index (Phi) is 5.25. The maximum absolute atomic E-state index is 13.0. The molecule has 0 saturated heterocycles. The fraction of sp³-hybridized carbons (Fsp3) is 0.176. The number of primary amides is 1. The zero-order valence-electron chi connectivity index (χ0n) is 12.2. The van der Waals surface area contributed by atoms with E-state index in [2.05, 4.69) is 4.99 Å². The third-order valence-corrected chi connectivity index (χ3v) is 3.03. The van der Waals surface area contributed by atoms with Gasteiger partial charge in [-0.05, 0) is 54.4 Å². The van der Waals surface area contributed by atoms with E-state index < -0.39 is 11.9 Å². The maximum atomic E-state index is 13.0. The van der Waals surface area contributed by atoms with E-state index in [1.54, 1.807) is 37.4 Å². The fourth-order valence-electron chi connectivity index (χ4n) is 1.71. The van der Waals surface area contributed by atoms with E-state index >= 15 is 0 Å². The molecule has 2 N–H and O–H groups in total. The Labute approximate surface area is 128 Å². The minimum atomic E-state index is -0.552. The summed E-state index contributed by atoms with van der Waals surface area (Å²) in [6.45, 7) is 1.93. The monoisotopic (exact) mass is 300 g/mol. The molecule has 0 saturated carbocycles. The molecule has 0 aliphatic heterocycles. The van der Waals surface area contributed by atoms with Crippen molar-refractivity contribution in [2.75, 3.05) is 0 Å². The van der Waals surface area contributed by atoms with Crippen molar-refractivity contribution in [3.8, 4) is 5.75 Å². The number of rotatable bonds is 6. The Hall–Kier alpha value is -2.69. The van der Waals surface area contributed by atoms with Crippen LogP contribution < -0.4 is 10.5 Å². The van der Waals surface area contributed by atoms with Gasteiger partial charge in [-0.1, -0.05) is 12.1 Å². The Bertz CT molecular complexity index is 669. The van der Waals surface area contributed by atoms with Gasteiger partial charge in [0.1, 0.15) is 24.2 Å². The van der Waals surface area contributed by atoms with Gasteiger partial charge in [0, 0.05) is 6.21 Å². The van der Waals surface area contributed by atoms with Gasteiger partial charge in [0.15, 0.2) is 0 Å². The number of nitrogens with two attached hydrogens (primary N) is 1. The van der Waals surface area contributed by atoms with Crippen LogP contribution in [0.2, 0.25) is 0 Å². The standard InChI is InChI=1S/C17H17FN2O2/c1-12(17(19)21)20-10-13-5-7-16(8-6-13)22-11-14-3-2-4-15(18)9-14/h2-10,12H,11H2,1H3,(H2,19,21)/b20-10+/t12-/m1/s1. The Morgan fingerprint density at radius 2 is 2.05 bits per heavy atom. The third kappa shape index (κ3) is 4.70. The molecule has 2 aromatic carbocycles. The summed E-state index contributed by atoms with van der Waals surface area (Å²) in [7, 11) is 0. The predicted octanol–water partition coefficient (Wildman–Crippen LogP) is 2.70. The molecule has 0 heterocycles. The average Bonchev–Trinajstić information content (AvgIpc) is 2.51. The first-order valence-corrected chi connectivity index (χ1v) is 6.84. The molecule has 0 unspecified atom stereocenters. The molecule has 2 rings (SSSR count). The summed E-state index contributed by atoms with van der Waals surface area (Å²) in [5, 5.41) is 0. The highest BCUT2D eigenvalue weighted by molar-refractivity contribution is 5.85. The van der Waals surface area contributed by atoms with Gasteiger partial charge in [0.25, 0.3) is 0 Å². The lowest BCUT2D eigenvalue weighted by molar-refractivity contribution is -0.118. The molecule has 0 aromatic heterocycles. The molecular weight excluding hydrogens is 283 g/mol. The van der Waals surface area contributed by atoms with Crippen LogP contribution in [0.1, 0.15) is 18.1 Å². The first-order valence-electron chi connectivity index (χ1n) is 6.84. The van der Waals surface area contributed by atoms with Crippen molar-refractivity contribution in [1.82, 2.24) is 0 Å². The smallest absolute Gasteiger partial charge is 0.241 e. The van der Waals surface area contributed by atoms with Crippen LogP contribution in [0.25, 0.3) is 0 Å². The zero-order valence-corrected chi connectivity index (χ0v) is 12.2. The molecule has 22 heavy (non-hydrogen) atoms. The number of hydrogen-bond donors (Lipinski definition) is 1. The van der Waals surface area contributed by atoms with E-state index in [1.165, 1.54) is 12.1 Å². The minimum Gasteiger partial charge on any atom is -0.489 e. The third-order valence-electron chi connectivity index (χ3n) is 3.03. The average molecular weight is 300 g/mol. The lowest BCUT2D eigenvalue weighted by Gasteiger charge is -2.06. The number of aliphatic imine (C=N–C) groups is 1. The van der Waals surface area contributed by atoms with Crippen LogP contribution in [-0.2, 0) is 11.4 Å². The molecule has 2 aromatic rings. The molecular formula is C17H17FN2O2. The molecule has 1 amide bonds. The summed E-state index contributed by atoms with van der Waals surface area (Å²) < 4.78 is 18.6. The molecule has 5 heteroatoms. The number of ether oxygens (including phenoxy) is 1. The van der Waals surface area contributed by atoms with E-state index in [0.717, 1.165) is 11.1 Å². The Balaban J connectivity index is 1.93. The van der Waals surface area contributed by atoms with Crippen molar-refractivity contribution in [2.45, 2.75) is 19.6 Å². The van der Waals surface area contributed by atoms with Crippen molar-refractivity contribution in [3.05, 3.63) is 65.5 Å². The van der Waals surface area contributed by atoms with Gasteiger partial charge in [-0.15, -0.1) is 0 Å². The van der Waals surface area contributed by atoms with Gasteiger partial charge in [-0.25, -0.2) is 4.39 Å². The number of halogens is 1. The topological polar surface area (TPSA) is 64.7 Å². The van der Waals surface area contributed by atoms with Gasteiger partial charge >= 0.3 is 0 Å². The highest BCUT2D eigenvalue weighted by atomic mass is 19.1.